The molecule has 0 aliphatic rings. The van der Waals surface area contributed by atoms with Crippen molar-refractivity contribution in [1.82, 2.24) is 0 Å². The summed E-state index contributed by atoms with van der Waals surface area (Å²) >= 11 is 0. The smallest absolute Gasteiger partial charge is 0.333 e. The molecule has 0 spiro atoms. The molecule has 0 radical (unpaired) electrons. The second-order valence-corrected chi connectivity index (χ2v) is 3.47. The number of allylic oxidation sites excluding steroid dienone is 1. The van der Waals surface area contributed by atoms with Crippen molar-refractivity contribution >= 4 is 5.97 Å². The lowest BCUT2D eigenvalue weighted by Gasteiger charge is -2.04. The third kappa shape index (κ3) is 5.79. The number of methoxy groups -OCH3 is 1. The monoisotopic (exact) mass is 198 g/mol. The third-order valence-electron chi connectivity index (χ3n) is 2.20. The molecule has 0 aliphatic carbocycles. The van der Waals surface area contributed by atoms with Crippen molar-refractivity contribution in [2.24, 2.45) is 0 Å². The Morgan fingerprint density at radius 2 is 1.86 bits per heavy atom. The molecule has 0 N–H and O–H groups in total. The molecule has 2 heteroatoms. The first-order chi connectivity index (χ1) is 6.76. The Bertz CT molecular complexity index is 183. The minimum atomic E-state index is -0.158. The summed E-state index contributed by atoms with van der Waals surface area (Å²) < 4.78 is 4.73. The topological polar surface area (TPSA) is 26.3 Å². The van der Waals surface area contributed by atoms with E-state index in [0.29, 0.717) is 0 Å². The lowest BCUT2D eigenvalue weighted by molar-refractivity contribution is -0.136. The van der Waals surface area contributed by atoms with E-state index in [1.165, 1.54) is 13.5 Å². The van der Waals surface area contributed by atoms with Gasteiger partial charge < -0.3 is 4.74 Å². The van der Waals surface area contributed by atoms with Crippen LogP contribution in [0.5, 0.6) is 0 Å². The van der Waals surface area contributed by atoms with Crippen LogP contribution in [0.15, 0.2) is 11.6 Å². The fourth-order valence-corrected chi connectivity index (χ4v) is 1.27. The van der Waals surface area contributed by atoms with Crippen molar-refractivity contribution < 1.29 is 9.53 Å². The quantitative estimate of drug-likeness (QED) is 0.356. The molecule has 0 aromatic heterocycles. The number of carbonyl (C=O) groups excluding carboxylic acids is 1. The molecule has 0 aromatic rings. The van der Waals surface area contributed by atoms with Crippen molar-refractivity contribution in [3.63, 3.8) is 0 Å². The minimum Gasteiger partial charge on any atom is -0.466 e. The van der Waals surface area contributed by atoms with Crippen molar-refractivity contribution in [3.05, 3.63) is 11.6 Å². The molecule has 0 amide bonds. The first-order valence-electron chi connectivity index (χ1n) is 5.53. The van der Waals surface area contributed by atoms with E-state index in [9.17, 15) is 4.79 Å². The summed E-state index contributed by atoms with van der Waals surface area (Å²) in [7, 11) is 1.45. The normalized spacial score (nSPS) is 11.5. The molecule has 0 fully saturated rings. The van der Waals surface area contributed by atoms with Crippen LogP contribution in [0.4, 0.5) is 0 Å². The first kappa shape index (κ1) is 13.2. The fourth-order valence-electron chi connectivity index (χ4n) is 1.27. The molecule has 0 aliphatic heterocycles. The van der Waals surface area contributed by atoms with Gasteiger partial charge in [0.1, 0.15) is 0 Å². The summed E-state index contributed by atoms with van der Waals surface area (Å²) in [6.45, 7) is 4.28. The van der Waals surface area contributed by atoms with Crippen LogP contribution in [0.25, 0.3) is 0 Å². The van der Waals surface area contributed by atoms with Crippen LogP contribution in [0.2, 0.25) is 0 Å². The Balaban J connectivity index is 4.08. The predicted molar refractivity (Wildman–Crippen MR) is 59.1 cm³/mol. The van der Waals surface area contributed by atoms with Crippen molar-refractivity contribution in [3.8, 4) is 0 Å². The maximum Gasteiger partial charge on any atom is 0.333 e. The molecule has 0 heterocycles. The van der Waals surface area contributed by atoms with E-state index in [-0.39, 0.29) is 5.97 Å². The molecule has 0 aromatic carbocycles. The van der Waals surface area contributed by atoms with E-state index in [0.717, 1.165) is 37.7 Å². The van der Waals surface area contributed by atoms with Gasteiger partial charge in [0.15, 0.2) is 0 Å². The van der Waals surface area contributed by atoms with Gasteiger partial charge in [-0.25, -0.2) is 4.79 Å². The third-order valence-corrected chi connectivity index (χ3v) is 2.20. The summed E-state index contributed by atoms with van der Waals surface area (Å²) in [5.74, 6) is -0.158. The highest BCUT2D eigenvalue weighted by Crippen LogP contribution is 2.11. The summed E-state index contributed by atoms with van der Waals surface area (Å²) in [5.41, 5.74) is 0.850. The van der Waals surface area contributed by atoms with Gasteiger partial charge in [-0.3, -0.25) is 0 Å². The molecule has 82 valence electrons. The van der Waals surface area contributed by atoms with Crippen LogP contribution >= 0.6 is 0 Å². The zero-order valence-corrected chi connectivity index (χ0v) is 9.64. The Labute approximate surface area is 87.3 Å². The Kier molecular flexibility index (Phi) is 8.30. The van der Waals surface area contributed by atoms with E-state index >= 15 is 0 Å². The van der Waals surface area contributed by atoms with Gasteiger partial charge in [0.05, 0.1) is 7.11 Å². The van der Waals surface area contributed by atoms with Crippen LogP contribution < -0.4 is 0 Å². The van der Waals surface area contributed by atoms with E-state index in [2.05, 4.69) is 13.8 Å². The molecular formula is C12H22O2. The SMILES string of the molecule is CCCC/C=C(/CCCC)C(=O)OC. The van der Waals surface area contributed by atoms with Crippen molar-refractivity contribution in [1.29, 1.82) is 0 Å². The van der Waals surface area contributed by atoms with Gasteiger partial charge >= 0.3 is 5.97 Å². The Morgan fingerprint density at radius 1 is 1.21 bits per heavy atom. The highest BCUT2D eigenvalue weighted by atomic mass is 16.5. The number of rotatable bonds is 7. The van der Waals surface area contributed by atoms with Crippen LogP contribution in [-0.4, -0.2) is 13.1 Å². The van der Waals surface area contributed by atoms with Crippen molar-refractivity contribution in [2.45, 2.75) is 52.4 Å². The highest BCUT2D eigenvalue weighted by molar-refractivity contribution is 5.88. The molecule has 0 saturated carbocycles. The average molecular weight is 198 g/mol. The second kappa shape index (κ2) is 8.79. The maximum atomic E-state index is 11.3. The summed E-state index contributed by atoms with van der Waals surface area (Å²) in [5, 5.41) is 0. The predicted octanol–water partition coefficient (Wildman–Crippen LogP) is 3.47. The van der Waals surface area contributed by atoms with E-state index in [4.69, 9.17) is 4.74 Å². The van der Waals surface area contributed by atoms with Gasteiger partial charge in [-0.1, -0.05) is 39.2 Å². The maximum absolute atomic E-state index is 11.3. The summed E-state index contributed by atoms with van der Waals surface area (Å²) in [6, 6.07) is 0. The average Bonchev–Trinajstić information content (AvgIpc) is 2.22. The van der Waals surface area contributed by atoms with E-state index in [1.54, 1.807) is 0 Å². The summed E-state index contributed by atoms with van der Waals surface area (Å²) in [4.78, 5) is 11.3. The van der Waals surface area contributed by atoms with Crippen LogP contribution in [0, 0.1) is 0 Å². The molecule has 0 saturated heterocycles. The van der Waals surface area contributed by atoms with Crippen molar-refractivity contribution in [2.75, 3.05) is 7.11 Å². The van der Waals surface area contributed by atoms with Gasteiger partial charge in [0.2, 0.25) is 0 Å². The lowest BCUT2D eigenvalue weighted by Crippen LogP contribution is -2.04. The lowest BCUT2D eigenvalue weighted by atomic mass is 10.1. The number of ether oxygens (including phenoxy) is 1. The standard InChI is InChI=1S/C12H22O2/c1-4-6-8-10-11(9-7-5-2)12(13)14-3/h10H,4-9H2,1-3H3/b11-10-. The number of hydrogen-bond acceptors (Lipinski definition) is 2. The number of hydrogen-bond donors (Lipinski definition) is 0. The minimum absolute atomic E-state index is 0.158. The zero-order valence-electron chi connectivity index (χ0n) is 9.64. The second-order valence-electron chi connectivity index (χ2n) is 3.47. The van der Waals surface area contributed by atoms with Crippen LogP contribution in [0.3, 0.4) is 0 Å². The highest BCUT2D eigenvalue weighted by Gasteiger charge is 2.07. The van der Waals surface area contributed by atoms with Gasteiger partial charge in [-0.15, -0.1) is 0 Å². The van der Waals surface area contributed by atoms with Gasteiger partial charge in [-0.05, 0) is 19.3 Å². The summed E-state index contributed by atoms with van der Waals surface area (Å²) in [6.07, 6.45) is 8.36. The van der Waals surface area contributed by atoms with Crippen LogP contribution in [0.1, 0.15) is 52.4 Å². The molecule has 0 unspecified atom stereocenters. The Morgan fingerprint density at radius 3 is 2.36 bits per heavy atom. The van der Waals surface area contributed by atoms with Gasteiger partial charge in [0, 0.05) is 5.57 Å². The molecular weight excluding hydrogens is 176 g/mol. The number of carbonyl (C=O) groups is 1. The first-order valence-corrected chi connectivity index (χ1v) is 5.53. The zero-order chi connectivity index (χ0) is 10.8. The largest absolute Gasteiger partial charge is 0.466 e. The fraction of sp³-hybridized carbons (Fsp3) is 0.750. The van der Waals surface area contributed by atoms with E-state index < -0.39 is 0 Å². The number of esters is 1. The Hall–Kier alpha value is -0.790. The molecule has 14 heavy (non-hydrogen) atoms. The number of unbranched alkanes of at least 4 members (excludes halogenated alkanes) is 3. The molecule has 0 bridgehead atoms. The molecule has 2 nitrogen and oxygen atoms in total. The molecule has 0 atom stereocenters. The van der Waals surface area contributed by atoms with Gasteiger partial charge in [-0.2, -0.15) is 0 Å². The molecule has 0 rings (SSSR count). The van der Waals surface area contributed by atoms with Gasteiger partial charge in [0.25, 0.3) is 0 Å². The van der Waals surface area contributed by atoms with E-state index in [1.807, 2.05) is 6.08 Å². The van der Waals surface area contributed by atoms with Crippen LogP contribution in [-0.2, 0) is 9.53 Å².